The third kappa shape index (κ3) is 4.02. The smallest absolute Gasteiger partial charge is 0.252 e. The standard InChI is InChI=1S/C19H24N2O2S/c1-13-5-6-16-17(12-24-18(16)8-13)19(23)21-10-14(11-22)9-15-4-2-3-7-20-15/h2-4,7,12-14,22H,5-6,8-11H2,1H3,(H,21,23). The van der Waals surface area contributed by atoms with Crippen molar-refractivity contribution in [3.63, 3.8) is 0 Å². The van der Waals surface area contributed by atoms with Crippen LogP contribution in [0, 0.1) is 11.8 Å². The molecule has 2 heterocycles. The van der Waals surface area contributed by atoms with Gasteiger partial charge in [-0.3, -0.25) is 9.78 Å². The average Bonchev–Trinajstić information content (AvgIpc) is 3.02. The lowest BCUT2D eigenvalue weighted by Gasteiger charge is -2.19. The van der Waals surface area contributed by atoms with Crippen LogP contribution in [-0.2, 0) is 19.3 Å². The second kappa shape index (κ2) is 7.90. The second-order valence-electron chi connectivity index (χ2n) is 6.68. The molecule has 2 aromatic rings. The number of fused-ring (bicyclic) bond motifs is 1. The van der Waals surface area contributed by atoms with Crippen LogP contribution in [0.5, 0.6) is 0 Å². The fourth-order valence-corrected chi connectivity index (χ4v) is 4.46. The van der Waals surface area contributed by atoms with Gasteiger partial charge in [0.2, 0.25) is 0 Å². The number of aliphatic hydroxyl groups is 1. The van der Waals surface area contributed by atoms with E-state index in [0.717, 1.165) is 30.5 Å². The van der Waals surface area contributed by atoms with Gasteiger partial charge >= 0.3 is 0 Å². The van der Waals surface area contributed by atoms with E-state index in [2.05, 4.69) is 17.2 Å². The summed E-state index contributed by atoms with van der Waals surface area (Å²) in [5.74, 6) is 0.684. The largest absolute Gasteiger partial charge is 0.396 e. The number of hydrogen-bond acceptors (Lipinski definition) is 4. The number of aromatic nitrogens is 1. The molecular formula is C19H24N2O2S. The third-order valence-corrected chi connectivity index (χ3v) is 5.73. The van der Waals surface area contributed by atoms with E-state index in [1.165, 1.54) is 10.4 Å². The Kier molecular flexibility index (Phi) is 5.63. The highest BCUT2D eigenvalue weighted by Gasteiger charge is 2.23. The Balaban J connectivity index is 1.59. The number of aliphatic hydroxyl groups excluding tert-OH is 1. The van der Waals surface area contributed by atoms with Gasteiger partial charge in [0.05, 0.1) is 5.56 Å². The summed E-state index contributed by atoms with van der Waals surface area (Å²) in [7, 11) is 0. The molecule has 2 aromatic heterocycles. The minimum Gasteiger partial charge on any atom is -0.396 e. The van der Waals surface area contributed by atoms with Crippen molar-refractivity contribution in [1.29, 1.82) is 0 Å². The molecule has 3 rings (SSSR count). The summed E-state index contributed by atoms with van der Waals surface area (Å²) < 4.78 is 0. The number of carbonyl (C=O) groups is 1. The van der Waals surface area contributed by atoms with Gasteiger partial charge in [0.15, 0.2) is 0 Å². The number of nitrogens with zero attached hydrogens (tertiary/aromatic N) is 1. The molecule has 4 nitrogen and oxygen atoms in total. The number of amides is 1. The first-order chi connectivity index (χ1) is 11.7. The molecule has 0 saturated heterocycles. The van der Waals surface area contributed by atoms with E-state index in [9.17, 15) is 9.90 Å². The Morgan fingerprint density at radius 2 is 2.38 bits per heavy atom. The number of nitrogens with one attached hydrogen (secondary N) is 1. The van der Waals surface area contributed by atoms with Crippen LogP contribution in [0.15, 0.2) is 29.8 Å². The molecule has 1 aliphatic carbocycles. The summed E-state index contributed by atoms with van der Waals surface area (Å²) in [4.78, 5) is 18.2. The number of pyridine rings is 1. The van der Waals surface area contributed by atoms with E-state index in [4.69, 9.17) is 0 Å². The zero-order chi connectivity index (χ0) is 16.9. The Hall–Kier alpha value is -1.72. The Morgan fingerprint density at radius 1 is 1.50 bits per heavy atom. The second-order valence-corrected chi connectivity index (χ2v) is 7.65. The van der Waals surface area contributed by atoms with Gasteiger partial charge in [-0.2, -0.15) is 0 Å². The predicted octanol–water partition coefficient (Wildman–Crippen LogP) is 2.85. The fraction of sp³-hybridized carbons (Fsp3) is 0.474. The van der Waals surface area contributed by atoms with Crippen molar-refractivity contribution in [3.05, 3.63) is 51.5 Å². The van der Waals surface area contributed by atoms with Crippen molar-refractivity contribution in [3.8, 4) is 0 Å². The Morgan fingerprint density at radius 3 is 3.12 bits per heavy atom. The molecule has 0 fully saturated rings. The van der Waals surface area contributed by atoms with Gasteiger partial charge in [0, 0.05) is 41.2 Å². The van der Waals surface area contributed by atoms with Gasteiger partial charge < -0.3 is 10.4 Å². The predicted molar refractivity (Wildman–Crippen MR) is 96.4 cm³/mol. The Bertz CT molecular complexity index is 684. The summed E-state index contributed by atoms with van der Waals surface area (Å²) in [6, 6.07) is 5.76. The summed E-state index contributed by atoms with van der Waals surface area (Å²) in [6.07, 6.45) is 5.66. The Labute approximate surface area is 146 Å². The summed E-state index contributed by atoms with van der Waals surface area (Å²) >= 11 is 1.71. The summed E-state index contributed by atoms with van der Waals surface area (Å²) in [5.41, 5.74) is 3.00. The molecule has 2 atom stereocenters. The first kappa shape index (κ1) is 17.1. The molecular weight excluding hydrogens is 320 g/mol. The number of thiophene rings is 1. The van der Waals surface area contributed by atoms with Crippen molar-refractivity contribution in [2.75, 3.05) is 13.2 Å². The lowest BCUT2D eigenvalue weighted by Crippen LogP contribution is -2.32. The topological polar surface area (TPSA) is 62.2 Å². The van der Waals surface area contributed by atoms with E-state index in [0.29, 0.717) is 18.9 Å². The molecule has 1 amide bonds. The van der Waals surface area contributed by atoms with E-state index in [1.807, 2.05) is 23.6 Å². The normalized spacial score (nSPS) is 18.0. The third-order valence-electron chi connectivity index (χ3n) is 4.68. The van der Waals surface area contributed by atoms with Crippen LogP contribution >= 0.6 is 11.3 Å². The molecule has 0 aromatic carbocycles. The van der Waals surface area contributed by atoms with Crippen molar-refractivity contribution in [2.24, 2.45) is 11.8 Å². The van der Waals surface area contributed by atoms with Crippen molar-refractivity contribution < 1.29 is 9.90 Å². The van der Waals surface area contributed by atoms with Crippen LogP contribution in [0.4, 0.5) is 0 Å². The minimum absolute atomic E-state index is 0.0125. The lowest BCUT2D eigenvalue weighted by molar-refractivity contribution is 0.0939. The van der Waals surface area contributed by atoms with E-state index >= 15 is 0 Å². The van der Waals surface area contributed by atoms with Gasteiger partial charge in [-0.05, 0) is 49.3 Å². The monoisotopic (exact) mass is 344 g/mol. The van der Waals surface area contributed by atoms with Crippen LogP contribution < -0.4 is 5.32 Å². The van der Waals surface area contributed by atoms with Crippen LogP contribution in [0.2, 0.25) is 0 Å². The molecule has 5 heteroatoms. The summed E-state index contributed by atoms with van der Waals surface area (Å²) in [6.45, 7) is 2.77. The molecule has 0 saturated carbocycles. The van der Waals surface area contributed by atoms with E-state index < -0.39 is 0 Å². The summed E-state index contributed by atoms with van der Waals surface area (Å²) in [5, 5.41) is 14.6. The maximum Gasteiger partial charge on any atom is 0.252 e. The molecule has 2 unspecified atom stereocenters. The molecule has 0 bridgehead atoms. The molecule has 2 N–H and O–H groups in total. The molecule has 0 aliphatic heterocycles. The minimum atomic E-state index is -0.0154. The molecule has 128 valence electrons. The maximum absolute atomic E-state index is 12.5. The van der Waals surface area contributed by atoms with E-state index in [-0.39, 0.29) is 18.4 Å². The first-order valence-corrected chi connectivity index (χ1v) is 9.43. The van der Waals surface area contributed by atoms with Crippen LogP contribution in [0.1, 0.15) is 39.8 Å². The van der Waals surface area contributed by atoms with Crippen molar-refractivity contribution in [1.82, 2.24) is 10.3 Å². The number of carbonyl (C=O) groups excluding carboxylic acids is 1. The quantitative estimate of drug-likeness (QED) is 0.847. The highest BCUT2D eigenvalue weighted by atomic mass is 32.1. The number of hydrogen-bond donors (Lipinski definition) is 2. The molecule has 1 aliphatic rings. The van der Waals surface area contributed by atoms with E-state index in [1.54, 1.807) is 17.5 Å². The van der Waals surface area contributed by atoms with Crippen LogP contribution in [0.3, 0.4) is 0 Å². The maximum atomic E-state index is 12.5. The van der Waals surface area contributed by atoms with Crippen LogP contribution in [0.25, 0.3) is 0 Å². The van der Waals surface area contributed by atoms with Gasteiger partial charge in [0.1, 0.15) is 0 Å². The molecule has 0 radical (unpaired) electrons. The fourth-order valence-electron chi connectivity index (χ4n) is 3.22. The molecule has 0 spiro atoms. The molecule has 24 heavy (non-hydrogen) atoms. The van der Waals surface area contributed by atoms with Gasteiger partial charge in [-0.25, -0.2) is 0 Å². The van der Waals surface area contributed by atoms with Crippen molar-refractivity contribution in [2.45, 2.75) is 32.6 Å². The van der Waals surface area contributed by atoms with Gasteiger partial charge in [-0.1, -0.05) is 13.0 Å². The number of rotatable bonds is 6. The zero-order valence-corrected chi connectivity index (χ0v) is 14.8. The van der Waals surface area contributed by atoms with Crippen molar-refractivity contribution >= 4 is 17.2 Å². The average molecular weight is 344 g/mol. The first-order valence-electron chi connectivity index (χ1n) is 8.55. The van der Waals surface area contributed by atoms with Gasteiger partial charge in [-0.15, -0.1) is 11.3 Å². The zero-order valence-electron chi connectivity index (χ0n) is 14.0. The lowest BCUT2D eigenvalue weighted by atomic mass is 9.88. The highest BCUT2D eigenvalue weighted by Crippen LogP contribution is 2.32. The van der Waals surface area contributed by atoms with Gasteiger partial charge in [0.25, 0.3) is 5.91 Å². The SMILES string of the molecule is CC1CCc2c(C(=O)NCC(CO)Cc3ccccn3)csc2C1. The van der Waals surface area contributed by atoms with Crippen LogP contribution in [-0.4, -0.2) is 29.1 Å². The highest BCUT2D eigenvalue weighted by molar-refractivity contribution is 7.10.